The zero-order valence-corrected chi connectivity index (χ0v) is 22.1. The first kappa shape index (κ1) is 23.5. The van der Waals surface area contributed by atoms with E-state index < -0.39 is 0 Å². The van der Waals surface area contributed by atoms with E-state index in [0.717, 1.165) is 53.1 Å². The number of nitrogens with zero attached hydrogens (tertiary/aromatic N) is 4. The zero-order valence-electron chi connectivity index (χ0n) is 20.6. The van der Waals surface area contributed by atoms with Crippen molar-refractivity contribution in [1.82, 2.24) is 14.5 Å². The number of pyridine rings is 2. The number of para-hydroxylation sites is 1. The van der Waals surface area contributed by atoms with Crippen LogP contribution in [0.25, 0.3) is 27.8 Å². The fourth-order valence-corrected chi connectivity index (χ4v) is 6.53. The molecule has 7 heteroatoms. The van der Waals surface area contributed by atoms with E-state index in [-0.39, 0.29) is 5.56 Å². The number of rotatable bonds is 4. The fraction of sp³-hybridized carbons (Fsp3) is 0.310. The van der Waals surface area contributed by atoms with Gasteiger partial charge in [-0.15, -0.1) is 0 Å². The van der Waals surface area contributed by atoms with Crippen LogP contribution < -0.4 is 10.5 Å². The van der Waals surface area contributed by atoms with E-state index in [1.165, 1.54) is 0 Å². The van der Waals surface area contributed by atoms with Crippen molar-refractivity contribution in [1.29, 1.82) is 0 Å². The Morgan fingerprint density at radius 3 is 2.36 bits per heavy atom. The first-order valence-corrected chi connectivity index (χ1v) is 13.2. The molecule has 4 aromatic rings. The quantitative estimate of drug-likeness (QED) is 0.316. The Morgan fingerprint density at radius 1 is 0.944 bits per heavy atom. The van der Waals surface area contributed by atoms with E-state index in [4.69, 9.17) is 28.2 Å². The molecule has 2 bridgehead atoms. The molecule has 6 rings (SSSR count). The monoisotopic (exact) mass is 518 g/mol. The van der Waals surface area contributed by atoms with Crippen LogP contribution in [-0.4, -0.2) is 45.7 Å². The smallest absolute Gasteiger partial charge is 0.255 e. The molecule has 0 radical (unpaired) electrons. The van der Waals surface area contributed by atoms with Gasteiger partial charge in [-0.3, -0.25) is 14.3 Å². The van der Waals surface area contributed by atoms with E-state index >= 15 is 0 Å². The molecule has 36 heavy (non-hydrogen) atoms. The number of aryl methyl sites for hydroxylation is 1. The molecule has 0 amide bonds. The van der Waals surface area contributed by atoms with Crippen molar-refractivity contribution in [2.45, 2.75) is 45.3 Å². The van der Waals surface area contributed by atoms with Crippen molar-refractivity contribution < 1.29 is 0 Å². The van der Waals surface area contributed by atoms with Crippen molar-refractivity contribution in [3.63, 3.8) is 0 Å². The summed E-state index contributed by atoms with van der Waals surface area (Å²) in [5.41, 5.74) is 4.11. The average molecular weight is 519 g/mol. The maximum absolute atomic E-state index is 13.3. The number of halogens is 2. The van der Waals surface area contributed by atoms with Crippen LogP contribution in [0.3, 0.4) is 0 Å². The van der Waals surface area contributed by atoms with Crippen molar-refractivity contribution in [2.75, 3.05) is 18.0 Å². The Labute approximate surface area is 220 Å². The summed E-state index contributed by atoms with van der Waals surface area (Å²) < 4.78 is 1.64. The van der Waals surface area contributed by atoms with Crippen molar-refractivity contribution in [2.24, 2.45) is 0 Å². The van der Waals surface area contributed by atoms with Gasteiger partial charge < -0.3 is 4.90 Å². The predicted octanol–water partition coefficient (Wildman–Crippen LogP) is 6.34. The Hall–Kier alpha value is -2.86. The molecule has 2 saturated heterocycles. The molecule has 2 aliphatic rings. The summed E-state index contributed by atoms with van der Waals surface area (Å²) in [4.78, 5) is 23.6. The molecule has 2 atom stereocenters. The summed E-state index contributed by atoms with van der Waals surface area (Å²) in [6, 6.07) is 20.5. The van der Waals surface area contributed by atoms with Crippen LogP contribution in [-0.2, 0) is 0 Å². The predicted molar refractivity (Wildman–Crippen MR) is 149 cm³/mol. The Kier molecular flexibility index (Phi) is 5.83. The maximum atomic E-state index is 13.3. The summed E-state index contributed by atoms with van der Waals surface area (Å²) >= 11 is 13.2. The summed E-state index contributed by atoms with van der Waals surface area (Å²) in [6.45, 7) is 8.58. The lowest BCUT2D eigenvalue weighted by molar-refractivity contribution is 0.191. The molecule has 184 valence electrons. The summed E-state index contributed by atoms with van der Waals surface area (Å²) in [5, 5.41) is 1.75. The highest BCUT2D eigenvalue weighted by Gasteiger charge is 2.44. The first-order valence-electron chi connectivity index (χ1n) is 12.4. The zero-order chi connectivity index (χ0) is 25.1. The van der Waals surface area contributed by atoms with E-state index in [0.29, 0.717) is 33.9 Å². The number of anilines is 1. The van der Waals surface area contributed by atoms with Crippen LogP contribution in [0.1, 0.15) is 25.8 Å². The molecular weight excluding hydrogens is 491 g/mol. The summed E-state index contributed by atoms with van der Waals surface area (Å²) in [7, 11) is 0. The molecule has 2 aromatic heterocycles. The number of likely N-dealkylation sites (tertiary alicyclic amines) is 1. The average Bonchev–Trinajstić information content (AvgIpc) is 3.46. The van der Waals surface area contributed by atoms with Crippen LogP contribution in [0.4, 0.5) is 5.82 Å². The number of hydrogen-bond acceptors (Lipinski definition) is 4. The largest absolute Gasteiger partial charge is 0.351 e. The minimum atomic E-state index is -0.181. The van der Waals surface area contributed by atoms with Gasteiger partial charge in [-0.05, 0) is 51.0 Å². The van der Waals surface area contributed by atoms with Gasteiger partial charge in [0.25, 0.3) is 5.56 Å². The first-order chi connectivity index (χ1) is 17.3. The van der Waals surface area contributed by atoms with E-state index in [9.17, 15) is 4.79 Å². The number of fused-ring (bicyclic) bond motifs is 3. The number of piperazine rings is 1. The van der Waals surface area contributed by atoms with Gasteiger partial charge >= 0.3 is 0 Å². The number of benzene rings is 2. The second-order valence-corrected chi connectivity index (χ2v) is 11.0. The van der Waals surface area contributed by atoms with Gasteiger partial charge in [0.15, 0.2) is 0 Å². The highest BCUT2D eigenvalue weighted by atomic mass is 35.5. The second kappa shape index (κ2) is 8.91. The van der Waals surface area contributed by atoms with Crippen molar-refractivity contribution in [3.05, 3.63) is 86.6 Å². The molecule has 0 N–H and O–H groups in total. The van der Waals surface area contributed by atoms with Gasteiger partial charge in [-0.1, -0.05) is 53.5 Å². The molecule has 4 heterocycles. The van der Waals surface area contributed by atoms with Gasteiger partial charge in [0.05, 0.1) is 26.9 Å². The molecule has 0 saturated carbocycles. The number of aromatic nitrogens is 2. The normalized spacial score (nSPS) is 19.7. The molecule has 2 fully saturated rings. The van der Waals surface area contributed by atoms with Crippen LogP contribution >= 0.6 is 23.2 Å². The third kappa shape index (κ3) is 3.73. The number of hydrogen-bond donors (Lipinski definition) is 0. The third-order valence-corrected chi connectivity index (χ3v) is 8.29. The Morgan fingerprint density at radius 2 is 1.69 bits per heavy atom. The lowest BCUT2D eigenvalue weighted by Gasteiger charge is -2.37. The minimum absolute atomic E-state index is 0.181. The lowest BCUT2D eigenvalue weighted by atomic mass is 10.0. The van der Waals surface area contributed by atoms with Crippen molar-refractivity contribution >= 4 is 39.9 Å². The Bertz CT molecular complexity index is 1530. The molecule has 2 aromatic carbocycles. The third-order valence-electron chi connectivity index (χ3n) is 7.68. The Balaban J connectivity index is 1.62. The summed E-state index contributed by atoms with van der Waals surface area (Å²) in [6.07, 6.45) is 1.13. The van der Waals surface area contributed by atoms with Gasteiger partial charge in [-0.25, -0.2) is 4.98 Å². The summed E-state index contributed by atoms with van der Waals surface area (Å²) in [5.74, 6) is 0.888. The van der Waals surface area contributed by atoms with Crippen LogP contribution in [0.5, 0.6) is 0 Å². The molecule has 0 aliphatic carbocycles. The van der Waals surface area contributed by atoms with Gasteiger partial charge in [-0.2, -0.15) is 0 Å². The molecule has 0 spiro atoms. The molecule has 2 unspecified atom stereocenters. The van der Waals surface area contributed by atoms with Crippen LogP contribution in [0.2, 0.25) is 10.0 Å². The van der Waals surface area contributed by atoms with Crippen LogP contribution in [0.15, 0.2) is 65.5 Å². The van der Waals surface area contributed by atoms with E-state index in [1.54, 1.807) is 28.8 Å². The highest BCUT2D eigenvalue weighted by Crippen LogP contribution is 2.39. The molecule has 2 aliphatic heterocycles. The van der Waals surface area contributed by atoms with Gasteiger partial charge in [0.2, 0.25) is 0 Å². The molecule has 5 nitrogen and oxygen atoms in total. The standard InChI is InChI=1S/C29H28Cl2N4O/c1-17(2)33-15-20-13-19(33)16-34(20)26-14-25-22(28(32-26)21-8-5-4-7-18(21)3)11-12-27(36)35(25)29-23(30)9-6-10-24(29)31/h4-12,14,17,19-20H,13,15-16H2,1-3H3. The fourth-order valence-electron chi connectivity index (χ4n) is 5.96. The van der Waals surface area contributed by atoms with Gasteiger partial charge in [0, 0.05) is 54.3 Å². The van der Waals surface area contributed by atoms with Gasteiger partial charge in [0.1, 0.15) is 5.82 Å². The van der Waals surface area contributed by atoms with Crippen molar-refractivity contribution in [3.8, 4) is 16.9 Å². The highest BCUT2D eigenvalue weighted by molar-refractivity contribution is 6.37. The van der Waals surface area contributed by atoms with E-state index in [2.05, 4.69) is 42.7 Å². The topological polar surface area (TPSA) is 41.4 Å². The second-order valence-electron chi connectivity index (χ2n) is 10.1. The van der Waals surface area contributed by atoms with Crippen LogP contribution in [0, 0.1) is 6.92 Å². The lowest BCUT2D eigenvalue weighted by Crippen LogP contribution is -2.49. The molecular formula is C29H28Cl2N4O. The van der Waals surface area contributed by atoms with E-state index in [1.807, 2.05) is 24.3 Å². The minimum Gasteiger partial charge on any atom is -0.351 e. The SMILES string of the molecule is Cc1ccccc1-c1nc(N2CC3CC2CN3C(C)C)cc2c1ccc(=O)n2-c1c(Cl)cccc1Cl. The maximum Gasteiger partial charge on any atom is 0.255 e.